The third-order valence-electron chi connectivity index (χ3n) is 1.92. The maximum Gasteiger partial charge on any atom is 0.156 e. The fourth-order valence-corrected chi connectivity index (χ4v) is 1.34. The highest BCUT2D eigenvalue weighted by molar-refractivity contribution is 6.32. The predicted octanol–water partition coefficient (Wildman–Crippen LogP) is 2.07. The van der Waals surface area contributed by atoms with Crippen LogP contribution in [0.5, 0.6) is 0 Å². The van der Waals surface area contributed by atoms with Crippen LogP contribution in [-0.2, 0) is 0 Å². The van der Waals surface area contributed by atoms with Crippen molar-refractivity contribution in [2.24, 2.45) is 0 Å². The van der Waals surface area contributed by atoms with Gasteiger partial charge in [0.25, 0.3) is 0 Å². The van der Waals surface area contributed by atoms with Crippen molar-refractivity contribution in [2.45, 2.75) is 26.3 Å². The second-order valence-electron chi connectivity index (χ2n) is 3.84. The van der Waals surface area contributed by atoms with Crippen molar-refractivity contribution in [3.63, 3.8) is 0 Å². The zero-order chi connectivity index (χ0) is 12.3. The fraction of sp³-hybridized carbons (Fsp3) is 0.364. The molecule has 0 atom stereocenters. The van der Waals surface area contributed by atoms with Crippen LogP contribution in [0.3, 0.4) is 0 Å². The minimum Gasteiger partial charge on any atom is -0.354 e. The van der Waals surface area contributed by atoms with Gasteiger partial charge in [-0.3, -0.25) is 4.79 Å². The molecule has 0 aliphatic heterocycles. The Labute approximate surface area is 99.4 Å². The number of aromatic nitrogens is 2. The molecule has 0 spiro atoms. The average Bonchev–Trinajstić information content (AvgIpc) is 2.16. The molecule has 0 aliphatic rings. The minimum atomic E-state index is -0.609. The van der Waals surface area contributed by atoms with Crippen LogP contribution in [0.25, 0.3) is 0 Å². The largest absolute Gasteiger partial charge is 0.354 e. The molecule has 1 heterocycles. The van der Waals surface area contributed by atoms with Gasteiger partial charge in [0.15, 0.2) is 6.29 Å². The van der Waals surface area contributed by atoms with E-state index in [4.69, 9.17) is 18.0 Å². The van der Waals surface area contributed by atoms with E-state index in [2.05, 4.69) is 21.2 Å². The molecule has 0 amide bonds. The first-order valence-corrected chi connectivity index (χ1v) is 5.02. The number of hydrogen-bond acceptors (Lipinski definition) is 4. The molecule has 0 unspecified atom stereocenters. The maximum atomic E-state index is 10.9. The van der Waals surface area contributed by atoms with Crippen molar-refractivity contribution >= 4 is 23.7 Å². The number of aldehydes is 1. The topological polar surface area (TPSA) is 54.9 Å². The van der Waals surface area contributed by atoms with Gasteiger partial charge >= 0.3 is 0 Å². The summed E-state index contributed by atoms with van der Waals surface area (Å²) in [6.07, 6.45) is 5.95. The second kappa shape index (κ2) is 4.50. The van der Waals surface area contributed by atoms with Gasteiger partial charge in [0.1, 0.15) is 16.8 Å². The van der Waals surface area contributed by atoms with Gasteiger partial charge < -0.3 is 5.32 Å². The van der Waals surface area contributed by atoms with E-state index in [0.29, 0.717) is 17.9 Å². The zero-order valence-corrected chi connectivity index (χ0v) is 10.1. The maximum absolute atomic E-state index is 10.9. The van der Waals surface area contributed by atoms with Crippen molar-refractivity contribution in [3.8, 4) is 12.3 Å². The molecule has 5 heteroatoms. The highest BCUT2D eigenvalue weighted by Crippen LogP contribution is 2.21. The van der Waals surface area contributed by atoms with Crippen LogP contribution in [0.1, 0.15) is 30.0 Å². The average molecular weight is 238 g/mol. The lowest BCUT2D eigenvalue weighted by atomic mass is 10.1. The smallest absolute Gasteiger partial charge is 0.156 e. The monoisotopic (exact) mass is 237 g/mol. The Morgan fingerprint density at radius 2 is 2.12 bits per heavy atom. The number of hydrogen-bond donors (Lipinski definition) is 1. The van der Waals surface area contributed by atoms with E-state index >= 15 is 0 Å². The quantitative estimate of drug-likeness (QED) is 0.497. The van der Waals surface area contributed by atoms with Crippen molar-refractivity contribution in [1.82, 2.24) is 9.97 Å². The van der Waals surface area contributed by atoms with Gasteiger partial charge in [0.2, 0.25) is 0 Å². The number of carbonyl (C=O) groups excluding carboxylic acids is 1. The van der Waals surface area contributed by atoms with Crippen LogP contribution in [0.4, 0.5) is 5.82 Å². The van der Waals surface area contributed by atoms with E-state index in [1.54, 1.807) is 20.8 Å². The summed E-state index contributed by atoms with van der Waals surface area (Å²) in [6.45, 7) is 5.29. The Morgan fingerprint density at radius 3 is 2.62 bits per heavy atom. The minimum absolute atomic E-state index is 0.123. The van der Waals surface area contributed by atoms with Gasteiger partial charge in [-0.1, -0.05) is 17.5 Å². The molecular formula is C11H12ClN3O. The highest BCUT2D eigenvalue weighted by Gasteiger charge is 2.18. The van der Waals surface area contributed by atoms with Crippen LogP contribution >= 0.6 is 11.6 Å². The molecule has 0 fully saturated rings. The second-order valence-corrected chi connectivity index (χ2v) is 4.19. The number of aryl methyl sites for hydroxylation is 1. The number of anilines is 1. The third-order valence-corrected chi connectivity index (χ3v) is 2.21. The third kappa shape index (κ3) is 2.71. The molecule has 1 N–H and O–H groups in total. The van der Waals surface area contributed by atoms with Crippen molar-refractivity contribution in [1.29, 1.82) is 0 Å². The molecule has 0 aliphatic carbocycles. The molecule has 0 aromatic carbocycles. The standard InChI is InChI=1S/C11H12ClN3O/c1-5-11(3,4)15-10-8(6-16)9(12)13-7(2)14-10/h1,6H,2-4H3,(H,13,14,15). The summed E-state index contributed by atoms with van der Waals surface area (Å²) in [4.78, 5) is 18.9. The van der Waals surface area contributed by atoms with Gasteiger partial charge in [0.05, 0.1) is 11.1 Å². The first-order chi connectivity index (χ1) is 7.39. The summed E-state index contributed by atoms with van der Waals surface area (Å²) in [5.41, 5.74) is -0.391. The van der Waals surface area contributed by atoms with Gasteiger partial charge in [-0.25, -0.2) is 9.97 Å². The van der Waals surface area contributed by atoms with Gasteiger partial charge in [-0.05, 0) is 20.8 Å². The lowest BCUT2D eigenvalue weighted by molar-refractivity contribution is 0.112. The van der Waals surface area contributed by atoms with Gasteiger partial charge in [-0.2, -0.15) is 0 Å². The Hall–Kier alpha value is -1.60. The molecule has 84 valence electrons. The van der Waals surface area contributed by atoms with Gasteiger partial charge in [0, 0.05) is 0 Å². The van der Waals surface area contributed by atoms with Crippen LogP contribution in [0, 0.1) is 19.3 Å². The molecule has 1 aromatic heterocycles. The summed E-state index contributed by atoms with van der Waals surface area (Å²) < 4.78 is 0. The highest BCUT2D eigenvalue weighted by atomic mass is 35.5. The fourth-order valence-electron chi connectivity index (χ4n) is 1.08. The molecule has 0 bridgehead atoms. The number of terminal acetylenes is 1. The van der Waals surface area contributed by atoms with E-state index in [0.717, 1.165) is 0 Å². The molecule has 0 radical (unpaired) electrons. The zero-order valence-electron chi connectivity index (χ0n) is 9.34. The molecule has 0 saturated heterocycles. The lowest BCUT2D eigenvalue weighted by Crippen LogP contribution is -2.30. The van der Waals surface area contributed by atoms with Gasteiger partial charge in [-0.15, -0.1) is 6.42 Å². The Bertz CT molecular complexity index is 463. The molecule has 1 aromatic rings. The molecule has 1 rings (SSSR count). The predicted molar refractivity (Wildman–Crippen MR) is 63.7 cm³/mol. The first-order valence-electron chi connectivity index (χ1n) is 4.65. The summed E-state index contributed by atoms with van der Waals surface area (Å²) >= 11 is 5.83. The Morgan fingerprint density at radius 1 is 1.50 bits per heavy atom. The van der Waals surface area contributed by atoms with Crippen LogP contribution in [0.15, 0.2) is 0 Å². The number of nitrogens with zero attached hydrogens (tertiary/aromatic N) is 2. The van der Waals surface area contributed by atoms with E-state index in [9.17, 15) is 4.79 Å². The Balaban J connectivity index is 3.23. The SMILES string of the molecule is C#CC(C)(C)Nc1nc(C)nc(Cl)c1C=O. The van der Waals surface area contributed by atoms with Crippen LogP contribution < -0.4 is 5.32 Å². The van der Waals surface area contributed by atoms with E-state index in [-0.39, 0.29) is 10.7 Å². The van der Waals surface area contributed by atoms with E-state index in [1.807, 2.05) is 0 Å². The number of halogens is 1. The van der Waals surface area contributed by atoms with Crippen LogP contribution in [-0.4, -0.2) is 21.8 Å². The Kier molecular flexibility index (Phi) is 3.51. The molecular weight excluding hydrogens is 226 g/mol. The lowest BCUT2D eigenvalue weighted by Gasteiger charge is -2.21. The summed E-state index contributed by atoms with van der Waals surface area (Å²) in [5, 5.41) is 3.09. The number of nitrogens with one attached hydrogen (secondary N) is 1. The first kappa shape index (κ1) is 12.5. The van der Waals surface area contributed by atoms with Crippen molar-refractivity contribution < 1.29 is 4.79 Å². The van der Waals surface area contributed by atoms with E-state index in [1.165, 1.54) is 0 Å². The van der Waals surface area contributed by atoms with E-state index < -0.39 is 5.54 Å². The molecule has 4 nitrogen and oxygen atoms in total. The van der Waals surface area contributed by atoms with Crippen LogP contribution in [0.2, 0.25) is 5.15 Å². The number of carbonyl (C=O) groups is 1. The molecule has 0 saturated carbocycles. The van der Waals surface area contributed by atoms with Crippen molar-refractivity contribution in [2.75, 3.05) is 5.32 Å². The van der Waals surface area contributed by atoms with Crippen molar-refractivity contribution in [3.05, 3.63) is 16.5 Å². The molecule has 16 heavy (non-hydrogen) atoms. The number of rotatable bonds is 3. The normalized spacial score (nSPS) is 10.7. The summed E-state index contributed by atoms with van der Waals surface area (Å²) in [5.74, 6) is 3.38. The summed E-state index contributed by atoms with van der Waals surface area (Å²) in [6, 6.07) is 0. The summed E-state index contributed by atoms with van der Waals surface area (Å²) in [7, 11) is 0.